The van der Waals surface area contributed by atoms with E-state index in [1.807, 2.05) is 13.0 Å². The number of amides is 1. The van der Waals surface area contributed by atoms with E-state index in [0.717, 1.165) is 29.2 Å². The minimum atomic E-state index is -0.440. The van der Waals surface area contributed by atoms with Crippen LogP contribution in [0.3, 0.4) is 0 Å². The van der Waals surface area contributed by atoms with E-state index in [2.05, 4.69) is 11.9 Å². The van der Waals surface area contributed by atoms with E-state index in [1.165, 1.54) is 11.8 Å². The summed E-state index contributed by atoms with van der Waals surface area (Å²) < 4.78 is 6.26. The second-order valence-electron chi connectivity index (χ2n) is 5.69. The maximum absolute atomic E-state index is 12.5. The Bertz CT molecular complexity index is 502. The summed E-state index contributed by atoms with van der Waals surface area (Å²) in [5, 5.41) is 2.91. The van der Waals surface area contributed by atoms with E-state index in [4.69, 9.17) is 17.0 Å². The molecule has 0 aromatic carbocycles. The minimum absolute atomic E-state index is 0.0195. The molecule has 1 rings (SSSR count). The lowest BCUT2D eigenvalue weighted by molar-refractivity contribution is -0.129. The summed E-state index contributed by atoms with van der Waals surface area (Å²) >= 11 is 6.59. The van der Waals surface area contributed by atoms with Crippen molar-refractivity contribution in [3.63, 3.8) is 0 Å². The highest BCUT2D eigenvalue weighted by atomic mass is 32.2. The Morgan fingerprint density at radius 1 is 1.54 bits per heavy atom. The lowest BCUT2D eigenvalue weighted by atomic mass is 9.82. The number of Topliss-reactive ketones (excluding diaryl/α,β-unsaturated/α-hetero) is 1. The van der Waals surface area contributed by atoms with Crippen LogP contribution in [0.2, 0.25) is 0 Å². The van der Waals surface area contributed by atoms with Crippen molar-refractivity contribution in [1.82, 2.24) is 5.32 Å². The predicted molar refractivity (Wildman–Crippen MR) is 104 cm³/mol. The van der Waals surface area contributed by atoms with Gasteiger partial charge in [-0.3, -0.25) is 9.59 Å². The van der Waals surface area contributed by atoms with Crippen LogP contribution in [0.25, 0.3) is 0 Å². The smallest absolute Gasteiger partial charge is 0.226 e. The number of carbonyl (C=O) groups is 2. The number of allylic oxidation sites excluding steroid dienone is 1. The summed E-state index contributed by atoms with van der Waals surface area (Å²) in [4.78, 5) is 24.8. The average molecular weight is 370 g/mol. The van der Waals surface area contributed by atoms with E-state index in [1.54, 1.807) is 13.2 Å². The van der Waals surface area contributed by atoms with Crippen LogP contribution in [-0.4, -0.2) is 41.4 Å². The van der Waals surface area contributed by atoms with Gasteiger partial charge in [-0.15, -0.1) is 11.8 Å². The zero-order valence-corrected chi connectivity index (χ0v) is 16.1. The van der Waals surface area contributed by atoms with Gasteiger partial charge in [0.2, 0.25) is 5.91 Å². The zero-order valence-electron chi connectivity index (χ0n) is 14.5. The van der Waals surface area contributed by atoms with Crippen molar-refractivity contribution in [2.45, 2.75) is 45.1 Å². The molecule has 0 saturated carbocycles. The Labute approximate surface area is 154 Å². The fraction of sp³-hybridized carbons (Fsp3) is 0.611. The van der Waals surface area contributed by atoms with Gasteiger partial charge in [0, 0.05) is 25.6 Å². The highest BCUT2D eigenvalue weighted by Crippen LogP contribution is 2.29. The molecule has 1 aliphatic carbocycles. The van der Waals surface area contributed by atoms with Crippen molar-refractivity contribution in [3.05, 3.63) is 24.3 Å². The topological polar surface area (TPSA) is 55.4 Å². The quantitative estimate of drug-likeness (QED) is 0.363. The second-order valence-corrected chi connectivity index (χ2v) is 7.52. The number of thioether (sulfide) groups is 1. The SMILES string of the molecule is C=CC(=S)SCCCC(=O)C1=CCCC(C(=O)NCCC)C1OC. The van der Waals surface area contributed by atoms with Gasteiger partial charge in [-0.05, 0) is 37.5 Å². The summed E-state index contributed by atoms with van der Waals surface area (Å²) in [5.74, 6) is 0.559. The summed E-state index contributed by atoms with van der Waals surface area (Å²) in [5.41, 5.74) is 0.650. The third kappa shape index (κ3) is 6.49. The van der Waals surface area contributed by atoms with Crippen LogP contribution in [0.15, 0.2) is 24.3 Å². The van der Waals surface area contributed by atoms with Crippen molar-refractivity contribution in [2.75, 3.05) is 19.4 Å². The van der Waals surface area contributed by atoms with E-state index in [-0.39, 0.29) is 17.6 Å². The van der Waals surface area contributed by atoms with Crippen molar-refractivity contribution < 1.29 is 14.3 Å². The van der Waals surface area contributed by atoms with E-state index < -0.39 is 6.10 Å². The van der Waals surface area contributed by atoms with Gasteiger partial charge in [0.15, 0.2) is 5.78 Å². The lowest BCUT2D eigenvalue weighted by Crippen LogP contribution is -2.42. The molecule has 0 bridgehead atoms. The summed E-state index contributed by atoms with van der Waals surface area (Å²) in [6.45, 7) is 6.29. The first kappa shape index (κ1) is 21.1. The maximum Gasteiger partial charge on any atom is 0.226 e. The molecule has 1 aliphatic rings. The Balaban J connectivity index is 2.60. The molecule has 24 heavy (non-hydrogen) atoms. The van der Waals surface area contributed by atoms with Crippen LogP contribution in [0.5, 0.6) is 0 Å². The highest BCUT2D eigenvalue weighted by molar-refractivity contribution is 8.23. The Morgan fingerprint density at radius 2 is 2.29 bits per heavy atom. The summed E-state index contributed by atoms with van der Waals surface area (Å²) in [6, 6.07) is 0. The number of ketones is 1. The van der Waals surface area contributed by atoms with Gasteiger partial charge in [-0.1, -0.05) is 31.8 Å². The Morgan fingerprint density at radius 3 is 2.92 bits per heavy atom. The first-order chi connectivity index (χ1) is 11.5. The van der Waals surface area contributed by atoms with Gasteiger partial charge in [-0.2, -0.15) is 0 Å². The summed E-state index contributed by atoms with van der Waals surface area (Å²) in [6.07, 6.45) is 6.68. The van der Waals surface area contributed by atoms with Crippen LogP contribution in [0, 0.1) is 5.92 Å². The zero-order chi connectivity index (χ0) is 17.9. The van der Waals surface area contributed by atoms with Crippen molar-refractivity contribution in [1.29, 1.82) is 0 Å². The summed E-state index contributed by atoms with van der Waals surface area (Å²) in [7, 11) is 1.57. The van der Waals surface area contributed by atoms with Crippen LogP contribution >= 0.6 is 24.0 Å². The van der Waals surface area contributed by atoms with E-state index >= 15 is 0 Å². The Kier molecular flexibility index (Phi) is 10.1. The molecule has 0 aromatic rings. The molecule has 0 aliphatic heterocycles. The highest BCUT2D eigenvalue weighted by Gasteiger charge is 2.35. The number of hydrogen-bond donors (Lipinski definition) is 1. The van der Waals surface area contributed by atoms with Crippen LogP contribution in [-0.2, 0) is 14.3 Å². The van der Waals surface area contributed by atoms with Gasteiger partial charge in [-0.25, -0.2) is 0 Å². The first-order valence-corrected chi connectivity index (χ1v) is 9.77. The molecule has 4 nitrogen and oxygen atoms in total. The van der Waals surface area contributed by atoms with Gasteiger partial charge in [0.05, 0.1) is 16.2 Å². The molecule has 1 amide bonds. The number of nitrogens with one attached hydrogen (secondary N) is 1. The van der Waals surface area contributed by atoms with Gasteiger partial charge in [0.1, 0.15) is 0 Å². The number of thiocarbonyl (C=S) groups is 1. The number of carbonyl (C=O) groups excluding carboxylic acids is 2. The molecule has 0 spiro atoms. The third-order valence-electron chi connectivity index (χ3n) is 3.93. The molecule has 0 radical (unpaired) electrons. The van der Waals surface area contributed by atoms with Gasteiger partial charge in [0.25, 0.3) is 0 Å². The lowest BCUT2D eigenvalue weighted by Gasteiger charge is -2.30. The molecule has 0 fully saturated rings. The molecule has 2 atom stereocenters. The molecular formula is C18H27NO3S2. The molecule has 6 heteroatoms. The van der Waals surface area contributed by atoms with E-state index in [9.17, 15) is 9.59 Å². The van der Waals surface area contributed by atoms with Gasteiger partial charge >= 0.3 is 0 Å². The molecule has 1 N–H and O–H groups in total. The predicted octanol–water partition coefficient (Wildman–Crippen LogP) is 3.46. The van der Waals surface area contributed by atoms with Crippen LogP contribution in [0.1, 0.15) is 39.0 Å². The largest absolute Gasteiger partial charge is 0.376 e. The minimum Gasteiger partial charge on any atom is -0.376 e. The Hall–Kier alpha value is -0.980. The molecule has 0 aromatic heterocycles. The van der Waals surface area contributed by atoms with Crippen molar-refractivity contribution in [2.24, 2.45) is 5.92 Å². The van der Waals surface area contributed by atoms with Crippen LogP contribution < -0.4 is 5.32 Å². The second kappa shape index (κ2) is 11.6. The molecular weight excluding hydrogens is 342 g/mol. The number of hydrogen-bond acceptors (Lipinski definition) is 5. The van der Waals surface area contributed by atoms with Crippen LogP contribution in [0.4, 0.5) is 0 Å². The molecule has 0 heterocycles. The van der Waals surface area contributed by atoms with Crippen molar-refractivity contribution >= 4 is 39.9 Å². The fourth-order valence-corrected chi connectivity index (χ4v) is 3.58. The monoisotopic (exact) mass is 369 g/mol. The normalized spacial score (nSPS) is 20.2. The van der Waals surface area contributed by atoms with Crippen molar-refractivity contribution in [3.8, 4) is 0 Å². The van der Waals surface area contributed by atoms with Gasteiger partial charge < -0.3 is 10.1 Å². The number of ether oxygens (including phenoxy) is 1. The average Bonchev–Trinajstić information content (AvgIpc) is 2.61. The third-order valence-corrected chi connectivity index (χ3v) is 5.40. The molecule has 2 unspecified atom stereocenters. The number of methoxy groups -OCH3 is 1. The molecule has 0 saturated heterocycles. The number of rotatable bonds is 10. The maximum atomic E-state index is 12.5. The standard InChI is InChI=1S/C18H27NO3S2/c1-4-11-19-18(21)14-9-6-8-13(17(14)22-3)15(20)10-7-12-24-16(23)5-2/h5,8,14,17H,2,4,6-7,9-12H2,1,3H3,(H,19,21). The molecule has 134 valence electrons. The fourth-order valence-electron chi connectivity index (χ4n) is 2.72. The van der Waals surface area contributed by atoms with E-state index in [0.29, 0.717) is 25.0 Å². The first-order valence-electron chi connectivity index (χ1n) is 8.38.